The number of thioether (sulfide) groups is 1. The summed E-state index contributed by atoms with van der Waals surface area (Å²) in [7, 11) is 0. The second-order valence-corrected chi connectivity index (χ2v) is 4.79. The van der Waals surface area contributed by atoms with E-state index in [2.05, 4.69) is 31.7 Å². The zero-order chi connectivity index (χ0) is 11.3. The van der Waals surface area contributed by atoms with Gasteiger partial charge in [-0.2, -0.15) is 0 Å². The van der Waals surface area contributed by atoms with Crippen molar-refractivity contribution in [1.29, 1.82) is 0 Å². The van der Waals surface area contributed by atoms with Crippen LogP contribution in [0.2, 0.25) is 0 Å². The van der Waals surface area contributed by atoms with Gasteiger partial charge in [-0.05, 0) is 56.2 Å². The maximum Gasteiger partial charge on any atom is 0.0127 e. The minimum Gasteiger partial charge on any atom is -0.317 e. The van der Waals surface area contributed by atoms with Gasteiger partial charge in [0.15, 0.2) is 0 Å². The van der Waals surface area contributed by atoms with Crippen molar-refractivity contribution in [3.05, 3.63) is 35.3 Å². The van der Waals surface area contributed by atoms with Crippen molar-refractivity contribution < 1.29 is 0 Å². The van der Waals surface area contributed by atoms with Crippen LogP contribution >= 0.6 is 11.8 Å². The van der Waals surface area contributed by atoms with Gasteiger partial charge in [0.25, 0.3) is 0 Å². The van der Waals surface area contributed by atoms with E-state index in [0.717, 1.165) is 13.1 Å². The maximum absolute atomic E-state index is 4.26. The monoisotopic (exact) mass is 223 g/mol. The molecule has 1 aliphatic heterocycles. The van der Waals surface area contributed by atoms with Gasteiger partial charge in [0.2, 0.25) is 0 Å². The van der Waals surface area contributed by atoms with E-state index < -0.39 is 0 Å². The topological polar surface area (TPSA) is 12.0 Å². The van der Waals surface area contributed by atoms with Crippen molar-refractivity contribution in [2.45, 2.75) is 19.8 Å². The number of piperidine rings is 1. The van der Waals surface area contributed by atoms with Crippen molar-refractivity contribution in [3.63, 3.8) is 0 Å². The SMILES string of the molecule is C=C/C(C)=C(/SC)C(=C)C1CCNCC1. The highest BCUT2D eigenvalue weighted by molar-refractivity contribution is 8.02. The zero-order valence-electron chi connectivity index (χ0n) is 9.81. The van der Waals surface area contributed by atoms with Crippen molar-refractivity contribution in [2.75, 3.05) is 19.3 Å². The Hall–Kier alpha value is -0.470. The second-order valence-electron chi connectivity index (χ2n) is 3.97. The molecule has 0 aromatic carbocycles. The van der Waals surface area contributed by atoms with E-state index >= 15 is 0 Å². The molecule has 0 saturated carbocycles. The fraction of sp³-hybridized carbons (Fsp3) is 0.538. The third-order valence-corrected chi connectivity index (χ3v) is 3.98. The number of hydrogen-bond acceptors (Lipinski definition) is 2. The molecule has 1 fully saturated rings. The van der Waals surface area contributed by atoms with Gasteiger partial charge in [-0.25, -0.2) is 0 Å². The Kier molecular flexibility index (Phi) is 5.20. The maximum atomic E-state index is 4.26. The van der Waals surface area contributed by atoms with Gasteiger partial charge >= 0.3 is 0 Å². The van der Waals surface area contributed by atoms with Gasteiger partial charge in [-0.15, -0.1) is 11.8 Å². The Morgan fingerprint density at radius 2 is 2.00 bits per heavy atom. The molecule has 0 aromatic rings. The Morgan fingerprint density at radius 3 is 2.47 bits per heavy atom. The molecule has 1 N–H and O–H groups in total. The molecule has 0 unspecified atom stereocenters. The van der Waals surface area contributed by atoms with E-state index in [9.17, 15) is 0 Å². The first kappa shape index (κ1) is 12.6. The zero-order valence-corrected chi connectivity index (χ0v) is 10.6. The number of nitrogens with one attached hydrogen (secondary N) is 1. The predicted octanol–water partition coefficient (Wildman–Crippen LogP) is 3.37. The molecule has 0 amide bonds. The highest BCUT2D eigenvalue weighted by atomic mass is 32.2. The van der Waals surface area contributed by atoms with E-state index in [4.69, 9.17) is 0 Å². The summed E-state index contributed by atoms with van der Waals surface area (Å²) in [6.07, 6.45) is 6.48. The molecule has 15 heavy (non-hydrogen) atoms. The summed E-state index contributed by atoms with van der Waals surface area (Å²) in [6.45, 7) is 12.5. The molecule has 0 spiro atoms. The van der Waals surface area contributed by atoms with Crippen LogP contribution in [-0.2, 0) is 0 Å². The lowest BCUT2D eigenvalue weighted by Crippen LogP contribution is -2.28. The smallest absolute Gasteiger partial charge is 0.0127 e. The average Bonchev–Trinajstić information content (AvgIpc) is 2.30. The molecule has 0 atom stereocenters. The van der Waals surface area contributed by atoms with E-state index in [0.29, 0.717) is 5.92 Å². The van der Waals surface area contributed by atoms with Crippen molar-refractivity contribution in [1.82, 2.24) is 5.32 Å². The van der Waals surface area contributed by atoms with Crippen LogP contribution in [-0.4, -0.2) is 19.3 Å². The van der Waals surface area contributed by atoms with Crippen LogP contribution in [0.15, 0.2) is 35.3 Å². The van der Waals surface area contributed by atoms with Crippen molar-refractivity contribution >= 4 is 11.8 Å². The van der Waals surface area contributed by atoms with E-state index in [1.165, 1.54) is 28.9 Å². The Balaban J connectivity index is 2.76. The standard InChI is InChI=1S/C13H21NS/c1-5-10(2)13(15-4)11(3)12-6-8-14-9-7-12/h5,12,14H,1,3,6-9H2,2,4H3/b13-10+. The number of hydrogen-bond donors (Lipinski definition) is 1. The third-order valence-electron chi connectivity index (χ3n) is 2.99. The summed E-state index contributed by atoms with van der Waals surface area (Å²) in [5.74, 6) is 0.656. The predicted molar refractivity (Wildman–Crippen MR) is 71.1 cm³/mol. The minimum absolute atomic E-state index is 0.656. The summed E-state index contributed by atoms with van der Waals surface area (Å²) in [6, 6.07) is 0. The quantitative estimate of drug-likeness (QED) is 0.733. The van der Waals surface area contributed by atoms with Gasteiger partial charge in [0.1, 0.15) is 0 Å². The van der Waals surface area contributed by atoms with Crippen molar-refractivity contribution in [3.8, 4) is 0 Å². The van der Waals surface area contributed by atoms with Crippen LogP contribution in [0, 0.1) is 5.92 Å². The first-order valence-electron chi connectivity index (χ1n) is 5.48. The van der Waals surface area contributed by atoms with Gasteiger partial charge < -0.3 is 5.32 Å². The molecule has 1 heterocycles. The molecule has 0 radical (unpaired) electrons. The fourth-order valence-corrected chi connectivity index (χ4v) is 2.83. The molecular weight excluding hydrogens is 202 g/mol. The molecule has 1 aliphatic rings. The van der Waals surface area contributed by atoms with E-state index in [1.807, 2.05) is 6.08 Å². The molecule has 0 aromatic heterocycles. The van der Waals surface area contributed by atoms with Crippen molar-refractivity contribution in [2.24, 2.45) is 5.92 Å². The van der Waals surface area contributed by atoms with E-state index in [-0.39, 0.29) is 0 Å². The highest BCUT2D eigenvalue weighted by Gasteiger charge is 2.19. The van der Waals surface area contributed by atoms with Crippen LogP contribution in [0.3, 0.4) is 0 Å². The third kappa shape index (κ3) is 3.25. The Morgan fingerprint density at radius 1 is 1.40 bits per heavy atom. The lowest BCUT2D eigenvalue weighted by atomic mass is 9.89. The van der Waals surface area contributed by atoms with Crippen LogP contribution in [0.4, 0.5) is 0 Å². The molecular formula is C13H21NS. The molecule has 1 rings (SSSR count). The summed E-state index contributed by atoms with van der Waals surface area (Å²) >= 11 is 1.79. The van der Waals surface area contributed by atoms with Gasteiger partial charge in [0.05, 0.1) is 0 Å². The summed E-state index contributed by atoms with van der Waals surface area (Å²) in [5, 5.41) is 3.39. The molecule has 0 bridgehead atoms. The molecule has 0 aliphatic carbocycles. The fourth-order valence-electron chi connectivity index (χ4n) is 1.99. The highest BCUT2D eigenvalue weighted by Crippen LogP contribution is 2.33. The average molecular weight is 223 g/mol. The molecule has 1 nitrogen and oxygen atoms in total. The first-order valence-corrected chi connectivity index (χ1v) is 6.70. The van der Waals surface area contributed by atoms with Crippen LogP contribution in [0.1, 0.15) is 19.8 Å². The second kappa shape index (κ2) is 6.19. The first-order chi connectivity index (χ1) is 7.20. The molecule has 1 saturated heterocycles. The van der Waals surface area contributed by atoms with Gasteiger partial charge in [-0.1, -0.05) is 19.2 Å². The Bertz CT molecular complexity index is 272. The van der Waals surface area contributed by atoms with Gasteiger partial charge in [0, 0.05) is 4.91 Å². The largest absolute Gasteiger partial charge is 0.317 e. The molecule has 84 valence electrons. The Labute approximate surface area is 97.7 Å². The van der Waals surface area contributed by atoms with E-state index in [1.54, 1.807) is 11.8 Å². The van der Waals surface area contributed by atoms with Crippen LogP contribution in [0.25, 0.3) is 0 Å². The van der Waals surface area contributed by atoms with Gasteiger partial charge in [-0.3, -0.25) is 0 Å². The minimum atomic E-state index is 0.656. The summed E-state index contributed by atoms with van der Waals surface area (Å²) in [4.78, 5) is 1.33. The molecule has 2 heteroatoms. The number of allylic oxidation sites excluding steroid dienone is 3. The number of rotatable bonds is 4. The van der Waals surface area contributed by atoms with Crippen LogP contribution in [0.5, 0.6) is 0 Å². The normalized spacial score (nSPS) is 19.6. The lowest BCUT2D eigenvalue weighted by Gasteiger charge is -2.26. The summed E-state index contributed by atoms with van der Waals surface area (Å²) in [5.41, 5.74) is 2.56. The summed E-state index contributed by atoms with van der Waals surface area (Å²) < 4.78 is 0. The van der Waals surface area contributed by atoms with Crippen LogP contribution < -0.4 is 5.32 Å². The lowest BCUT2D eigenvalue weighted by molar-refractivity contribution is 0.425.